The summed E-state index contributed by atoms with van der Waals surface area (Å²) in [5.74, 6) is 0.378. The number of rotatable bonds is 8. The van der Waals surface area contributed by atoms with Gasteiger partial charge in [-0.1, -0.05) is 23.2 Å². The molecule has 0 atom stereocenters. The second-order valence-electron chi connectivity index (χ2n) is 5.95. The van der Waals surface area contributed by atoms with Crippen LogP contribution in [0.2, 0.25) is 10.0 Å². The number of thiazole rings is 1. The number of hydrogen-bond acceptors (Lipinski definition) is 6. The standard InChI is InChI=1S/C20H16Cl2N2O4S/c1-27-18-7-12(10-25)2-3-17(18)28-11-19(26)24-20-23-9-16(29-20)6-13-4-14(21)8-15(22)5-13/h2-5,7-10H,6,11H2,1H3,(H,23,24,26). The number of aldehydes is 1. The zero-order valence-electron chi connectivity index (χ0n) is 15.3. The molecule has 0 aliphatic heterocycles. The molecule has 1 amide bonds. The first-order valence-corrected chi connectivity index (χ1v) is 9.99. The van der Waals surface area contributed by atoms with Crippen molar-refractivity contribution in [2.75, 3.05) is 19.0 Å². The van der Waals surface area contributed by atoms with Crippen LogP contribution in [0, 0.1) is 0 Å². The van der Waals surface area contributed by atoms with Gasteiger partial charge in [-0.3, -0.25) is 14.9 Å². The van der Waals surface area contributed by atoms with E-state index in [9.17, 15) is 9.59 Å². The van der Waals surface area contributed by atoms with Crippen molar-refractivity contribution < 1.29 is 19.1 Å². The molecule has 6 nitrogen and oxygen atoms in total. The van der Waals surface area contributed by atoms with Crippen LogP contribution in [0.15, 0.2) is 42.6 Å². The summed E-state index contributed by atoms with van der Waals surface area (Å²) in [7, 11) is 1.46. The van der Waals surface area contributed by atoms with E-state index in [1.165, 1.54) is 24.5 Å². The fourth-order valence-electron chi connectivity index (χ4n) is 2.54. The van der Waals surface area contributed by atoms with Crippen LogP contribution in [0.4, 0.5) is 5.13 Å². The molecule has 0 fully saturated rings. The lowest BCUT2D eigenvalue weighted by Crippen LogP contribution is -2.20. The topological polar surface area (TPSA) is 77.5 Å². The Kier molecular flexibility index (Phi) is 7.09. The van der Waals surface area contributed by atoms with Crippen molar-refractivity contribution >= 4 is 51.9 Å². The van der Waals surface area contributed by atoms with E-state index in [1.807, 2.05) is 12.1 Å². The van der Waals surface area contributed by atoms with E-state index in [-0.39, 0.29) is 12.5 Å². The number of aromatic nitrogens is 1. The number of carbonyl (C=O) groups excluding carboxylic acids is 2. The molecule has 0 bridgehead atoms. The number of halogens is 2. The number of carbonyl (C=O) groups is 2. The average molecular weight is 451 g/mol. The summed E-state index contributed by atoms with van der Waals surface area (Å²) in [5, 5.41) is 4.30. The highest BCUT2D eigenvalue weighted by Gasteiger charge is 2.11. The Labute approximate surface area is 181 Å². The van der Waals surface area contributed by atoms with Crippen LogP contribution in [0.1, 0.15) is 20.8 Å². The average Bonchev–Trinajstić information content (AvgIpc) is 3.11. The van der Waals surface area contributed by atoms with E-state index >= 15 is 0 Å². The second-order valence-corrected chi connectivity index (χ2v) is 7.94. The fourth-order valence-corrected chi connectivity index (χ4v) is 3.97. The molecular formula is C20H16Cl2N2O4S. The number of ether oxygens (including phenoxy) is 2. The van der Waals surface area contributed by atoms with Gasteiger partial charge in [-0.2, -0.15) is 0 Å². The first kappa shape index (κ1) is 21.1. The van der Waals surface area contributed by atoms with Crippen molar-refractivity contribution in [2.45, 2.75) is 6.42 Å². The minimum Gasteiger partial charge on any atom is -0.493 e. The molecule has 0 unspecified atom stereocenters. The Balaban J connectivity index is 1.57. The summed E-state index contributed by atoms with van der Waals surface area (Å²) in [6.45, 7) is -0.227. The maximum Gasteiger partial charge on any atom is 0.264 e. The van der Waals surface area contributed by atoms with Gasteiger partial charge >= 0.3 is 0 Å². The quantitative estimate of drug-likeness (QED) is 0.494. The molecule has 0 saturated heterocycles. The number of nitrogens with one attached hydrogen (secondary N) is 1. The highest BCUT2D eigenvalue weighted by molar-refractivity contribution is 7.15. The van der Waals surface area contributed by atoms with Crippen molar-refractivity contribution in [1.82, 2.24) is 4.98 Å². The second kappa shape index (κ2) is 9.73. The molecule has 150 valence electrons. The van der Waals surface area contributed by atoms with E-state index < -0.39 is 0 Å². The van der Waals surface area contributed by atoms with Crippen molar-refractivity contribution in [3.05, 3.63) is 68.6 Å². The molecule has 0 aliphatic carbocycles. The Morgan fingerprint density at radius 1 is 1.17 bits per heavy atom. The molecule has 1 N–H and O–H groups in total. The normalized spacial score (nSPS) is 10.4. The third kappa shape index (κ3) is 5.93. The minimum absolute atomic E-state index is 0.227. The van der Waals surface area contributed by atoms with Crippen molar-refractivity contribution in [1.29, 1.82) is 0 Å². The lowest BCUT2D eigenvalue weighted by Gasteiger charge is -2.10. The van der Waals surface area contributed by atoms with Gasteiger partial charge in [-0.15, -0.1) is 11.3 Å². The molecule has 0 radical (unpaired) electrons. The van der Waals surface area contributed by atoms with E-state index in [1.54, 1.807) is 24.4 Å². The van der Waals surface area contributed by atoms with Crippen LogP contribution < -0.4 is 14.8 Å². The van der Waals surface area contributed by atoms with E-state index in [0.29, 0.717) is 44.9 Å². The Morgan fingerprint density at radius 2 is 1.93 bits per heavy atom. The summed E-state index contributed by atoms with van der Waals surface area (Å²) in [6, 6.07) is 10.0. The lowest BCUT2D eigenvalue weighted by atomic mass is 10.1. The molecule has 0 spiro atoms. The first-order valence-electron chi connectivity index (χ1n) is 8.42. The van der Waals surface area contributed by atoms with Crippen molar-refractivity contribution in [3.8, 4) is 11.5 Å². The number of amides is 1. The van der Waals surface area contributed by atoms with Crippen LogP contribution >= 0.6 is 34.5 Å². The molecule has 0 aliphatic rings. The van der Waals surface area contributed by atoms with Gasteiger partial charge in [-0.05, 0) is 42.0 Å². The fraction of sp³-hybridized carbons (Fsp3) is 0.150. The molecule has 29 heavy (non-hydrogen) atoms. The highest BCUT2D eigenvalue weighted by atomic mass is 35.5. The smallest absolute Gasteiger partial charge is 0.264 e. The number of hydrogen-bond donors (Lipinski definition) is 1. The van der Waals surface area contributed by atoms with Gasteiger partial charge in [0.15, 0.2) is 23.2 Å². The number of anilines is 1. The summed E-state index contributed by atoms with van der Waals surface area (Å²) < 4.78 is 10.7. The third-order valence-corrected chi connectivity index (χ3v) is 5.13. The monoisotopic (exact) mass is 450 g/mol. The van der Waals surface area contributed by atoms with Gasteiger partial charge in [0.05, 0.1) is 7.11 Å². The summed E-state index contributed by atoms with van der Waals surface area (Å²) in [6.07, 6.45) is 3.00. The van der Waals surface area contributed by atoms with Crippen LogP contribution in [-0.2, 0) is 11.2 Å². The van der Waals surface area contributed by atoms with E-state index in [4.69, 9.17) is 32.7 Å². The molecule has 2 aromatic carbocycles. The van der Waals surface area contributed by atoms with Gasteiger partial charge in [-0.25, -0.2) is 4.98 Å². The van der Waals surface area contributed by atoms with Crippen LogP contribution in [0.3, 0.4) is 0 Å². The predicted molar refractivity (Wildman–Crippen MR) is 114 cm³/mol. The lowest BCUT2D eigenvalue weighted by molar-refractivity contribution is -0.118. The molecule has 0 saturated carbocycles. The SMILES string of the molecule is COc1cc(C=O)ccc1OCC(=O)Nc1ncc(Cc2cc(Cl)cc(Cl)c2)s1. The number of nitrogens with zero attached hydrogens (tertiary/aromatic N) is 1. The number of methoxy groups -OCH3 is 1. The molecule has 1 heterocycles. The zero-order valence-corrected chi connectivity index (χ0v) is 17.6. The largest absolute Gasteiger partial charge is 0.493 e. The zero-order chi connectivity index (χ0) is 20.8. The van der Waals surface area contributed by atoms with Crippen LogP contribution in [-0.4, -0.2) is 30.9 Å². The molecule has 9 heteroatoms. The van der Waals surface area contributed by atoms with E-state index in [0.717, 1.165) is 10.4 Å². The minimum atomic E-state index is -0.363. The third-order valence-electron chi connectivity index (χ3n) is 3.78. The Morgan fingerprint density at radius 3 is 2.62 bits per heavy atom. The van der Waals surface area contributed by atoms with E-state index in [2.05, 4.69) is 10.3 Å². The highest BCUT2D eigenvalue weighted by Crippen LogP contribution is 2.28. The van der Waals surface area contributed by atoms with Crippen LogP contribution in [0.25, 0.3) is 0 Å². The summed E-state index contributed by atoms with van der Waals surface area (Å²) in [4.78, 5) is 28.2. The maximum atomic E-state index is 12.2. The van der Waals surface area contributed by atoms with Crippen molar-refractivity contribution in [2.24, 2.45) is 0 Å². The summed E-state index contributed by atoms with van der Waals surface area (Å²) in [5.41, 5.74) is 1.41. The maximum absolute atomic E-state index is 12.2. The van der Waals surface area contributed by atoms with Gasteiger partial charge < -0.3 is 9.47 Å². The number of benzene rings is 2. The Bertz CT molecular complexity index is 1020. The molecule has 3 rings (SSSR count). The predicted octanol–water partition coefficient (Wildman–Crippen LogP) is 4.88. The first-order chi connectivity index (χ1) is 14.0. The Hall–Kier alpha value is -2.61. The van der Waals surface area contributed by atoms with Crippen LogP contribution in [0.5, 0.6) is 11.5 Å². The molecule has 3 aromatic rings. The van der Waals surface area contributed by atoms with Crippen molar-refractivity contribution in [3.63, 3.8) is 0 Å². The van der Waals surface area contributed by atoms with Gasteiger partial charge in [0, 0.05) is 33.1 Å². The molecular weight excluding hydrogens is 435 g/mol. The van der Waals surface area contributed by atoms with Gasteiger partial charge in [0.2, 0.25) is 0 Å². The van der Waals surface area contributed by atoms with Gasteiger partial charge in [0.25, 0.3) is 5.91 Å². The van der Waals surface area contributed by atoms with Gasteiger partial charge in [0.1, 0.15) is 6.29 Å². The summed E-state index contributed by atoms with van der Waals surface area (Å²) >= 11 is 13.4. The molecule has 1 aromatic heterocycles.